The van der Waals surface area contributed by atoms with Crippen LogP contribution < -0.4 is 10.9 Å². The Hall–Kier alpha value is -3.99. The Labute approximate surface area is 296 Å². The number of carbonyl (C=O) groups excluding carboxylic acids is 1. The standard InChI is InChI=1S/C40H47F4N3O4/c1-23(2)14-34(47-21-27(32(19-35(47)48)40(42,43)44)8-12-46-13-11-39(22-46)9-10-39)38(51)45-33(20-36(49)50)28-17-26-6-5-7-30(26)31(18-28)37-24(3)15-29(41)16-25(37)4/h15-19,21,23,33-34H,5-14,20,22H2,1-4H3,(H,45,51)(H,49,50). The third-order valence-electron chi connectivity index (χ3n) is 11.1. The Morgan fingerprint density at radius 1 is 1.02 bits per heavy atom. The Bertz CT molecular complexity index is 1870. The van der Waals surface area contributed by atoms with E-state index in [4.69, 9.17) is 0 Å². The smallest absolute Gasteiger partial charge is 0.416 e. The van der Waals surface area contributed by atoms with Gasteiger partial charge < -0.3 is 19.9 Å². The number of carbonyl (C=O) groups is 2. The molecule has 11 heteroatoms. The fourth-order valence-electron chi connectivity index (χ4n) is 8.36. The van der Waals surface area contributed by atoms with E-state index < -0.39 is 47.7 Å². The SMILES string of the molecule is Cc1cc(F)cc(C)c1-c1cc(C(CC(=O)O)NC(=O)C(CC(C)C)n2cc(CCN3CCC4(CC4)C3)c(C(F)(F)F)cc2=O)cc2c1CCC2. The number of hydrogen-bond acceptors (Lipinski definition) is 4. The number of pyridine rings is 1. The van der Waals surface area contributed by atoms with Crippen molar-refractivity contribution in [2.24, 2.45) is 11.3 Å². The molecule has 1 amide bonds. The maximum Gasteiger partial charge on any atom is 0.416 e. The van der Waals surface area contributed by atoms with Crippen molar-refractivity contribution in [2.45, 2.75) is 104 Å². The molecule has 3 aromatic rings. The highest BCUT2D eigenvalue weighted by Crippen LogP contribution is 2.52. The van der Waals surface area contributed by atoms with Crippen LogP contribution in [0.25, 0.3) is 11.1 Å². The number of carboxylic acids is 1. The van der Waals surface area contributed by atoms with Crippen molar-refractivity contribution in [3.05, 3.63) is 91.6 Å². The number of halogens is 4. The number of aromatic nitrogens is 1. The van der Waals surface area contributed by atoms with Crippen LogP contribution in [0.1, 0.15) is 103 Å². The molecule has 2 unspecified atom stereocenters. The molecule has 0 radical (unpaired) electrons. The third-order valence-corrected chi connectivity index (χ3v) is 11.1. The summed E-state index contributed by atoms with van der Waals surface area (Å²) in [5.41, 5.74) is 4.25. The molecule has 2 aromatic carbocycles. The van der Waals surface area contributed by atoms with Gasteiger partial charge in [0.05, 0.1) is 18.0 Å². The lowest BCUT2D eigenvalue weighted by atomic mass is 9.87. The fraction of sp³-hybridized carbons (Fsp3) is 0.525. The van der Waals surface area contributed by atoms with E-state index in [1.165, 1.54) is 18.3 Å². The van der Waals surface area contributed by atoms with Gasteiger partial charge in [0.15, 0.2) is 0 Å². The molecule has 51 heavy (non-hydrogen) atoms. The number of benzene rings is 2. The average molecular weight is 710 g/mol. The van der Waals surface area contributed by atoms with Crippen LogP contribution in [0.5, 0.6) is 0 Å². The largest absolute Gasteiger partial charge is 0.481 e. The molecule has 2 aliphatic carbocycles. The molecule has 1 aliphatic heterocycles. The first-order valence-corrected chi connectivity index (χ1v) is 18.0. The zero-order valence-electron chi connectivity index (χ0n) is 29.8. The van der Waals surface area contributed by atoms with Gasteiger partial charge in [-0.25, -0.2) is 4.39 Å². The van der Waals surface area contributed by atoms with Crippen LogP contribution in [0, 0.1) is 31.0 Å². The van der Waals surface area contributed by atoms with Crippen molar-refractivity contribution < 1.29 is 32.3 Å². The van der Waals surface area contributed by atoms with Crippen molar-refractivity contribution in [1.29, 1.82) is 0 Å². The van der Waals surface area contributed by atoms with Crippen LogP contribution in [0.2, 0.25) is 0 Å². The molecule has 1 aromatic heterocycles. The molecule has 3 aliphatic rings. The van der Waals surface area contributed by atoms with E-state index in [0.29, 0.717) is 23.6 Å². The number of carboxylic acid groups (broad SMARTS) is 1. The molecule has 2 atom stereocenters. The van der Waals surface area contributed by atoms with Gasteiger partial charge in [-0.1, -0.05) is 19.9 Å². The highest BCUT2D eigenvalue weighted by molar-refractivity contribution is 5.82. The molecule has 7 nitrogen and oxygen atoms in total. The first kappa shape index (κ1) is 36.8. The van der Waals surface area contributed by atoms with Crippen LogP contribution >= 0.6 is 0 Å². The topological polar surface area (TPSA) is 91.6 Å². The fourth-order valence-corrected chi connectivity index (χ4v) is 8.36. The summed E-state index contributed by atoms with van der Waals surface area (Å²) in [5, 5.41) is 12.9. The Balaban J connectivity index is 1.35. The normalized spacial score (nSPS) is 17.9. The van der Waals surface area contributed by atoms with Crippen molar-refractivity contribution in [1.82, 2.24) is 14.8 Å². The number of nitrogens with zero attached hydrogens (tertiary/aromatic N) is 2. The molecule has 6 rings (SSSR count). The second-order valence-electron chi connectivity index (χ2n) is 15.5. The third kappa shape index (κ3) is 8.08. The van der Waals surface area contributed by atoms with E-state index in [1.807, 2.05) is 39.8 Å². The molecule has 2 N–H and O–H groups in total. The van der Waals surface area contributed by atoms with E-state index in [0.717, 1.165) is 89.6 Å². The lowest BCUT2D eigenvalue weighted by Crippen LogP contribution is -2.40. The minimum atomic E-state index is -4.74. The van der Waals surface area contributed by atoms with Crippen molar-refractivity contribution in [3.63, 3.8) is 0 Å². The zero-order valence-corrected chi connectivity index (χ0v) is 29.8. The van der Waals surface area contributed by atoms with Gasteiger partial charge in [-0.2, -0.15) is 13.2 Å². The summed E-state index contributed by atoms with van der Waals surface area (Å²) in [6, 6.07) is 5.14. The molecule has 2 fully saturated rings. The van der Waals surface area contributed by atoms with Gasteiger partial charge in [-0.05, 0) is 146 Å². The van der Waals surface area contributed by atoms with E-state index >= 15 is 0 Å². The second kappa shape index (κ2) is 14.2. The summed E-state index contributed by atoms with van der Waals surface area (Å²) in [6.07, 6.45) is 2.03. The van der Waals surface area contributed by atoms with Crippen LogP contribution in [-0.4, -0.2) is 46.1 Å². The Kier molecular flexibility index (Phi) is 10.2. The highest BCUT2D eigenvalue weighted by atomic mass is 19.4. The lowest BCUT2D eigenvalue weighted by Gasteiger charge is -2.27. The van der Waals surface area contributed by atoms with Crippen molar-refractivity contribution in [2.75, 3.05) is 19.6 Å². The Morgan fingerprint density at radius 3 is 2.33 bits per heavy atom. The summed E-state index contributed by atoms with van der Waals surface area (Å²) in [6.45, 7) is 9.47. The number of aliphatic carboxylic acids is 1. The van der Waals surface area contributed by atoms with Gasteiger partial charge in [0.2, 0.25) is 5.91 Å². The van der Waals surface area contributed by atoms with Crippen LogP contribution in [0.3, 0.4) is 0 Å². The number of amides is 1. The first-order chi connectivity index (χ1) is 24.0. The van der Waals surface area contributed by atoms with Crippen molar-refractivity contribution >= 4 is 11.9 Å². The zero-order chi connectivity index (χ0) is 36.8. The molecule has 1 saturated carbocycles. The summed E-state index contributed by atoms with van der Waals surface area (Å²) in [4.78, 5) is 42.0. The summed E-state index contributed by atoms with van der Waals surface area (Å²) < 4.78 is 58.1. The van der Waals surface area contributed by atoms with Crippen LogP contribution in [0.4, 0.5) is 17.6 Å². The number of aryl methyl sites for hydroxylation is 3. The summed E-state index contributed by atoms with van der Waals surface area (Å²) in [5.74, 6) is -2.26. The number of nitrogens with one attached hydrogen (secondary N) is 1. The van der Waals surface area contributed by atoms with Gasteiger partial charge in [-0.3, -0.25) is 14.4 Å². The minimum absolute atomic E-state index is 0.0456. The van der Waals surface area contributed by atoms with E-state index in [2.05, 4.69) is 10.2 Å². The second-order valence-corrected chi connectivity index (χ2v) is 15.5. The first-order valence-electron chi connectivity index (χ1n) is 18.0. The molecule has 1 saturated heterocycles. The average Bonchev–Trinajstić information content (AvgIpc) is 3.41. The van der Waals surface area contributed by atoms with Gasteiger partial charge in [0.1, 0.15) is 11.9 Å². The summed E-state index contributed by atoms with van der Waals surface area (Å²) >= 11 is 0. The molecule has 2 heterocycles. The molecule has 0 bridgehead atoms. The quantitative estimate of drug-likeness (QED) is 0.188. The number of hydrogen-bond donors (Lipinski definition) is 2. The van der Waals surface area contributed by atoms with Gasteiger partial charge >= 0.3 is 12.1 Å². The summed E-state index contributed by atoms with van der Waals surface area (Å²) in [7, 11) is 0. The highest BCUT2D eigenvalue weighted by Gasteiger charge is 2.47. The minimum Gasteiger partial charge on any atom is -0.481 e. The van der Waals surface area contributed by atoms with Crippen LogP contribution in [-0.2, 0) is 35.0 Å². The Morgan fingerprint density at radius 2 is 1.73 bits per heavy atom. The van der Waals surface area contributed by atoms with Gasteiger partial charge in [-0.15, -0.1) is 0 Å². The lowest BCUT2D eigenvalue weighted by molar-refractivity contribution is -0.139. The molecular formula is C40H47F4N3O4. The monoisotopic (exact) mass is 709 g/mol. The molecule has 1 spiro atoms. The molecular weight excluding hydrogens is 662 g/mol. The van der Waals surface area contributed by atoms with E-state index in [1.54, 1.807) is 0 Å². The number of rotatable bonds is 12. The van der Waals surface area contributed by atoms with Gasteiger partial charge in [0.25, 0.3) is 5.56 Å². The number of alkyl halides is 3. The predicted molar refractivity (Wildman–Crippen MR) is 187 cm³/mol. The van der Waals surface area contributed by atoms with Crippen LogP contribution in [0.15, 0.2) is 41.3 Å². The number of fused-ring (bicyclic) bond motifs is 1. The van der Waals surface area contributed by atoms with E-state index in [-0.39, 0.29) is 30.1 Å². The van der Waals surface area contributed by atoms with Gasteiger partial charge in [0, 0.05) is 25.4 Å². The molecule has 274 valence electrons. The maximum absolute atomic E-state index is 14.3. The predicted octanol–water partition coefficient (Wildman–Crippen LogP) is 7.73. The number of likely N-dealkylation sites (tertiary alicyclic amines) is 1. The maximum atomic E-state index is 14.3. The van der Waals surface area contributed by atoms with E-state index in [9.17, 15) is 37.1 Å². The van der Waals surface area contributed by atoms with Crippen molar-refractivity contribution in [3.8, 4) is 11.1 Å².